The average molecular weight is 318 g/mol. The molecule has 0 heterocycles. The van der Waals surface area contributed by atoms with E-state index < -0.39 is 5.83 Å². The zero-order valence-corrected chi connectivity index (χ0v) is 13.6. The van der Waals surface area contributed by atoms with Gasteiger partial charge in [0.15, 0.2) is 11.5 Å². The molecule has 2 rings (SSSR count). The van der Waals surface area contributed by atoms with Crippen molar-refractivity contribution < 1.29 is 23.3 Å². The van der Waals surface area contributed by atoms with E-state index in [0.717, 1.165) is 11.3 Å². The van der Waals surface area contributed by atoms with E-state index in [1.165, 1.54) is 27.4 Å². The standard InChI is InChI=1S/C18H19FO4/c1-20-14-7-5-12(6-8-14)9-15(19)13-10-16(21-2)18(23-4)17(11-13)22-3/h5-11H,1-4H3/b15-9-. The average Bonchev–Trinajstić information content (AvgIpc) is 2.60. The Bertz CT molecular complexity index is 668. The third-order valence-electron chi connectivity index (χ3n) is 3.35. The maximum Gasteiger partial charge on any atom is 0.203 e. The molecule has 0 aliphatic rings. The number of hydrogen-bond donors (Lipinski definition) is 0. The second-order valence-electron chi connectivity index (χ2n) is 4.68. The van der Waals surface area contributed by atoms with Crippen LogP contribution >= 0.6 is 0 Å². The third-order valence-corrected chi connectivity index (χ3v) is 3.35. The quantitative estimate of drug-likeness (QED) is 0.749. The molecular weight excluding hydrogens is 299 g/mol. The molecule has 0 atom stereocenters. The van der Waals surface area contributed by atoms with Crippen LogP contribution in [-0.2, 0) is 0 Å². The van der Waals surface area contributed by atoms with E-state index in [1.54, 1.807) is 43.5 Å². The minimum atomic E-state index is -0.408. The highest BCUT2D eigenvalue weighted by Crippen LogP contribution is 2.40. The maximum atomic E-state index is 14.5. The molecule has 0 saturated carbocycles. The molecule has 2 aromatic carbocycles. The summed E-state index contributed by atoms with van der Waals surface area (Å²) in [4.78, 5) is 0. The Morgan fingerprint density at radius 3 is 1.83 bits per heavy atom. The summed E-state index contributed by atoms with van der Waals surface area (Å²) in [6.07, 6.45) is 1.43. The first-order valence-corrected chi connectivity index (χ1v) is 6.94. The highest BCUT2D eigenvalue weighted by atomic mass is 19.1. The second-order valence-corrected chi connectivity index (χ2v) is 4.68. The first-order chi connectivity index (χ1) is 11.1. The van der Waals surface area contributed by atoms with E-state index in [-0.39, 0.29) is 0 Å². The van der Waals surface area contributed by atoms with Crippen molar-refractivity contribution in [2.75, 3.05) is 28.4 Å². The summed E-state index contributed by atoms with van der Waals surface area (Å²) in [5, 5.41) is 0. The summed E-state index contributed by atoms with van der Waals surface area (Å²) >= 11 is 0. The first-order valence-electron chi connectivity index (χ1n) is 6.94. The van der Waals surface area contributed by atoms with E-state index in [2.05, 4.69) is 0 Å². The van der Waals surface area contributed by atoms with E-state index >= 15 is 0 Å². The molecule has 0 amide bonds. The van der Waals surface area contributed by atoms with Gasteiger partial charge in [-0.15, -0.1) is 0 Å². The molecule has 0 unspecified atom stereocenters. The first kappa shape index (κ1) is 16.7. The molecular formula is C18H19FO4. The van der Waals surface area contributed by atoms with Crippen LogP contribution in [0.25, 0.3) is 11.9 Å². The van der Waals surface area contributed by atoms with Crippen molar-refractivity contribution in [3.05, 3.63) is 47.5 Å². The lowest BCUT2D eigenvalue weighted by Gasteiger charge is -2.13. The maximum absolute atomic E-state index is 14.5. The topological polar surface area (TPSA) is 36.9 Å². The van der Waals surface area contributed by atoms with Crippen LogP contribution in [0.5, 0.6) is 23.0 Å². The molecule has 23 heavy (non-hydrogen) atoms. The number of ether oxygens (including phenoxy) is 4. The minimum Gasteiger partial charge on any atom is -0.497 e. The largest absolute Gasteiger partial charge is 0.497 e. The lowest BCUT2D eigenvalue weighted by Crippen LogP contribution is -1.96. The Balaban J connectivity index is 2.41. The van der Waals surface area contributed by atoms with Crippen LogP contribution in [0.4, 0.5) is 4.39 Å². The van der Waals surface area contributed by atoms with Crippen molar-refractivity contribution in [2.24, 2.45) is 0 Å². The van der Waals surface area contributed by atoms with E-state index in [0.29, 0.717) is 22.8 Å². The van der Waals surface area contributed by atoms with Gasteiger partial charge in [-0.05, 0) is 35.9 Å². The van der Waals surface area contributed by atoms with Gasteiger partial charge in [0.25, 0.3) is 0 Å². The molecule has 0 N–H and O–H groups in total. The highest BCUT2D eigenvalue weighted by Gasteiger charge is 2.15. The van der Waals surface area contributed by atoms with Gasteiger partial charge < -0.3 is 18.9 Å². The van der Waals surface area contributed by atoms with Gasteiger partial charge in [-0.1, -0.05) is 12.1 Å². The van der Waals surface area contributed by atoms with Crippen LogP contribution in [0.3, 0.4) is 0 Å². The van der Waals surface area contributed by atoms with Crippen LogP contribution in [-0.4, -0.2) is 28.4 Å². The zero-order chi connectivity index (χ0) is 16.8. The van der Waals surface area contributed by atoms with Crippen LogP contribution in [0.1, 0.15) is 11.1 Å². The SMILES string of the molecule is COc1ccc(/C=C(\F)c2cc(OC)c(OC)c(OC)c2)cc1. The summed E-state index contributed by atoms with van der Waals surface area (Å²) < 4.78 is 35.3. The van der Waals surface area contributed by atoms with Crippen LogP contribution in [0, 0.1) is 0 Å². The summed E-state index contributed by atoms with van der Waals surface area (Å²) in [5.41, 5.74) is 1.06. The van der Waals surface area contributed by atoms with Crippen LogP contribution in [0.15, 0.2) is 36.4 Å². The molecule has 0 radical (unpaired) electrons. The molecule has 0 spiro atoms. The normalized spacial score (nSPS) is 11.1. The number of hydrogen-bond acceptors (Lipinski definition) is 4. The molecule has 5 heteroatoms. The molecule has 0 aliphatic carbocycles. The summed E-state index contributed by atoms with van der Waals surface area (Å²) in [7, 11) is 6.07. The zero-order valence-electron chi connectivity index (χ0n) is 13.6. The summed E-state index contributed by atoms with van der Waals surface area (Å²) in [5.74, 6) is 1.54. The Morgan fingerprint density at radius 2 is 1.39 bits per heavy atom. The van der Waals surface area contributed by atoms with Gasteiger partial charge in [-0.3, -0.25) is 0 Å². The molecule has 0 bridgehead atoms. The predicted octanol–water partition coefficient (Wildman–Crippen LogP) is 4.19. The lowest BCUT2D eigenvalue weighted by atomic mass is 10.1. The van der Waals surface area contributed by atoms with Crippen molar-refractivity contribution in [2.45, 2.75) is 0 Å². The predicted molar refractivity (Wildman–Crippen MR) is 88.1 cm³/mol. The fourth-order valence-electron chi connectivity index (χ4n) is 2.15. The van der Waals surface area contributed by atoms with E-state index in [1.807, 2.05) is 0 Å². The van der Waals surface area contributed by atoms with Gasteiger partial charge in [-0.2, -0.15) is 0 Å². The lowest BCUT2D eigenvalue weighted by molar-refractivity contribution is 0.324. The molecule has 0 aromatic heterocycles. The van der Waals surface area contributed by atoms with E-state index in [9.17, 15) is 4.39 Å². The third kappa shape index (κ3) is 3.74. The number of halogens is 1. The van der Waals surface area contributed by atoms with Gasteiger partial charge in [0.1, 0.15) is 11.6 Å². The van der Waals surface area contributed by atoms with Gasteiger partial charge in [0.2, 0.25) is 5.75 Å². The number of benzene rings is 2. The van der Waals surface area contributed by atoms with Crippen molar-refractivity contribution in [1.82, 2.24) is 0 Å². The van der Waals surface area contributed by atoms with Gasteiger partial charge in [0, 0.05) is 5.56 Å². The Hall–Kier alpha value is -2.69. The van der Waals surface area contributed by atoms with Crippen molar-refractivity contribution in [3.63, 3.8) is 0 Å². The molecule has 4 nitrogen and oxygen atoms in total. The van der Waals surface area contributed by atoms with Crippen LogP contribution < -0.4 is 18.9 Å². The van der Waals surface area contributed by atoms with Crippen molar-refractivity contribution in [3.8, 4) is 23.0 Å². The molecule has 2 aromatic rings. The monoisotopic (exact) mass is 318 g/mol. The smallest absolute Gasteiger partial charge is 0.203 e. The van der Waals surface area contributed by atoms with Crippen molar-refractivity contribution in [1.29, 1.82) is 0 Å². The van der Waals surface area contributed by atoms with E-state index in [4.69, 9.17) is 18.9 Å². The number of methoxy groups -OCH3 is 4. The van der Waals surface area contributed by atoms with Gasteiger partial charge in [-0.25, -0.2) is 4.39 Å². The summed E-state index contributed by atoms with van der Waals surface area (Å²) in [6, 6.07) is 10.2. The number of rotatable bonds is 6. The van der Waals surface area contributed by atoms with Crippen molar-refractivity contribution >= 4 is 11.9 Å². The summed E-state index contributed by atoms with van der Waals surface area (Å²) in [6.45, 7) is 0. The molecule has 0 fully saturated rings. The fourth-order valence-corrected chi connectivity index (χ4v) is 2.15. The Labute approximate surface area is 135 Å². The Kier molecular flexibility index (Phi) is 5.46. The minimum absolute atomic E-state index is 0.343. The Morgan fingerprint density at radius 1 is 0.826 bits per heavy atom. The van der Waals surface area contributed by atoms with Crippen LogP contribution in [0.2, 0.25) is 0 Å². The highest BCUT2D eigenvalue weighted by molar-refractivity contribution is 5.79. The molecule has 122 valence electrons. The van der Waals surface area contributed by atoms with Gasteiger partial charge >= 0.3 is 0 Å². The fraction of sp³-hybridized carbons (Fsp3) is 0.222. The second kappa shape index (κ2) is 7.54. The molecule has 0 aliphatic heterocycles. The molecule has 0 saturated heterocycles. The van der Waals surface area contributed by atoms with Gasteiger partial charge in [0.05, 0.1) is 28.4 Å².